The molecule has 0 bridgehead atoms. The van der Waals surface area contributed by atoms with E-state index in [1.807, 2.05) is 0 Å². The van der Waals surface area contributed by atoms with Crippen LogP contribution in [0.4, 0.5) is 16.2 Å². The minimum Gasteiger partial charge on any atom is -0.336 e. The van der Waals surface area contributed by atoms with Gasteiger partial charge in [-0.25, -0.2) is 18.2 Å². The largest absolute Gasteiger partial charge is 0.336 e. The van der Waals surface area contributed by atoms with Gasteiger partial charge in [-0.2, -0.15) is 5.10 Å². The quantitative estimate of drug-likeness (QED) is 0.493. The van der Waals surface area contributed by atoms with Gasteiger partial charge in [0.2, 0.25) is 0 Å². The van der Waals surface area contributed by atoms with E-state index in [-0.39, 0.29) is 15.5 Å². The van der Waals surface area contributed by atoms with Crippen LogP contribution in [0.5, 0.6) is 0 Å². The van der Waals surface area contributed by atoms with Crippen LogP contribution in [0.3, 0.4) is 0 Å². The number of rotatable bonds is 7. The zero-order valence-electron chi connectivity index (χ0n) is 16.4. The maximum atomic E-state index is 12.5. The molecule has 10 nitrogen and oxygen atoms in total. The van der Waals surface area contributed by atoms with E-state index in [2.05, 4.69) is 26.0 Å². The summed E-state index contributed by atoms with van der Waals surface area (Å²) >= 11 is 6.22. The molecule has 0 unspecified atom stereocenters. The highest BCUT2D eigenvalue weighted by Crippen LogP contribution is 2.26. The summed E-state index contributed by atoms with van der Waals surface area (Å²) in [4.78, 5) is 28.3. The van der Waals surface area contributed by atoms with Crippen LogP contribution in [0, 0.1) is 0 Å². The SMILES string of the molecule is CS(=O)(=O)c1cccc(C(=O)Nc2ccc(NC(=O)NCCn3cncn3)cc2Cl)c1. The van der Waals surface area contributed by atoms with Crippen molar-refractivity contribution in [1.82, 2.24) is 20.1 Å². The molecule has 0 radical (unpaired) electrons. The van der Waals surface area contributed by atoms with Gasteiger partial charge in [-0.1, -0.05) is 17.7 Å². The zero-order valence-corrected chi connectivity index (χ0v) is 17.9. The molecule has 0 spiro atoms. The van der Waals surface area contributed by atoms with Gasteiger partial charge in [0.15, 0.2) is 9.84 Å². The first kappa shape index (κ1) is 22.2. The molecule has 1 aromatic heterocycles. The van der Waals surface area contributed by atoms with Crippen LogP contribution in [0.25, 0.3) is 0 Å². The van der Waals surface area contributed by atoms with Gasteiger partial charge in [0.1, 0.15) is 12.7 Å². The lowest BCUT2D eigenvalue weighted by Crippen LogP contribution is -2.31. The van der Waals surface area contributed by atoms with Gasteiger partial charge in [0, 0.05) is 24.1 Å². The number of carbonyl (C=O) groups excluding carboxylic acids is 2. The summed E-state index contributed by atoms with van der Waals surface area (Å²) in [5.41, 5.74) is 0.918. The monoisotopic (exact) mass is 462 g/mol. The van der Waals surface area contributed by atoms with Crippen molar-refractivity contribution in [3.63, 3.8) is 0 Å². The third-order valence-electron chi connectivity index (χ3n) is 4.09. The Labute approximate surface area is 183 Å². The molecule has 0 saturated heterocycles. The second-order valence-corrected chi connectivity index (χ2v) is 8.91. The summed E-state index contributed by atoms with van der Waals surface area (Å²) in [5.74, 6) is -0.515. The van der Waals surface area contributed by atoms with Gasteiger partial charge >= 0.3 is 6.03 Å². The highest BCUT2D eigenvalue weighted by Gasteiger charge is 2.13. The lowest BCUT2D eigenvalue weighted by Gasteiger charge is -2.11. The van der Waals surface area contributed by atoms with E-state index >= 15 is 0 Å². The van der Waals surface area contributed by atoms with Crippen molar-refractivity contribution in [2.75, 3.05) is 23.4 Å². The Kier molecular flexibility index (Phi) is 6.88. The van der Waals surface area contributed by atoms with Crippen LogP contribution in [0.15, 0.2) is 60.0 Å². The minimum absolute atomic E-state index is 0.0422. The van der Waals surface area contributed by atoms with Gasteiger partial charge in [-0.3, -0.25) is 9.48 Å². The predicted octanol–water partition coefficient (Wildman–Crippen LogP) is 2.41. The molecule has 0 fully saturated rings. The van der Waals surface area contributed by atoms with Crippen LogP contribution in [-0.4, -0.2) is 47.9 Å². The van der Waals surface area contributed by atoms with Crippen LogP contribution in [0.2, 0.25) is 5.02 Å². The molecule has 0 saturated carbocycles. The van der Waals surface area contributed by atoms with Crippen molar-refractivity contribution in [3.05, 3.63) is 65.7 Å². The number of amides is 3. The van der Waals surface area contributed by atoms with Crippen molar-refractivity contribution in [2.24, 2.45) is 0 Å². The molecular weight excluding hydrogens is 444 g/mol. The van der Waals surface area contributed by atoms with Crippen molar-refractivity contribution in [2.45, 2.75) is 11.4 Å². The van der Waals surface area contributed by atoms with E-state index in [4.69, 9.17) is 11.6 Å². The van der Waals surface area contributed by atoms with E-state index in [1.54, 1.807) is 17.1 Å². The fourth-order valence-electron chi connectivity index (χ4n) is 2.56. The van der Waals surface area contributed by atoms with Gasteiger partial charge in [0.05, 0.1) is 22.2 Å². The molecule has 162 valence electrons. The maximum Gasteiger partial charge on any atom is 0.319 e. The normalized spacial score (nSPS) is 11.0. The molecule has 3 N–H and O–H groups in total. The molecule has 0 aliphatic rings. The number of hydrogen-bond donors (Lipinski definition) is 3. The van der Waals surface area contributed by atoms with Crippen molar-refractivity contribution in [3.8, 4) is 0 Å². The summed E-state index contributed by atoms with van der Waals surface area (Å²) < 4.78 is 24.9. The summed E-state index contributed by atoms with van der Waals surface area (Å²) in [6.07, 6.45) is 4.02. The lowest BCUT2D eigenvalue weighted by molar-refractivity contribution is 0.102. The summed E-state index contributed by atoms with van der Waals surface area (Å²) in [6, 6.07) is 9.86. The average molecular weight is 463 g/mol. The molecule has 0 aliphatic carbocycles. The second-order valence-electron chi connectivity index (χ2n) is 6.49. The van der Waals surface area contributed by atoms with Crippen LogP contribution < -0.4 is 16.0 Å². The number of anilines is 2. The van der Waals surface area contributed by atoms with E-state index in [0.29, 0.717) is 24.5 Å². The molecular formula is C19H19ClN6O4S. The Balaban J connectivity index is 1.59. The smallest absolute Gasteiger partial charge is 0.319 e. The fourth-order valence-corrected chi connectivity index (χ4v) is 3.46. The van der Waals surface area contributed by atoms with E-state index < -0.39 is 21.8 Å². The number of aromatic nitrogens is 3. The topological polar surface area (TPSA) is 135 Å². The number of sulfone groups is 1. The molecule has 1 heterocycles. The van der Waals surface area contributed by atoms with Crippen LogP contribution in [-0.2, 0) is 16.4 Å². The lowest BCUT2D eigenvalue weighted by atomic mass is 10.2. The standard InChI is InChI=1S/C19H19ClN6O4S/c1-31(29,30)15-4-2-3-13(9-15)18(27)25-17-6-5-14(10-16(17)20)24-19(28)22-7-8-26-12-21-11-23-26/h2-6,9-12H,7-8H2,1H3,(H,25,27)(H2,22,24,28). The van der Waals surface area contributed by atoms with Crippen LogP contribution >= 0.6 is 11.6 Å². The highest BCUT2D eigenvalue weighted by molar-refractivity contribution is 7.90. The molecule has 0 aliphatic heterocycles. The van der Waals surface area contributed by atoms with Crippen LogP contribution in [0.1, 0.15) is 10.4 Å². The van der Waals surface area contributed by atoms with Crippen molar-refractivity contribution in [1.29, 1.82) is 0 Å². The van der Waals surface area contributed by atoms with Gasteiger partial charge < -0.3 is 16.0 Å². The first-order chi connectivity index (χ1) is 14.7. The van der Waals surface area contributed by atoms with Gasteiger partial charge in [-0.05, 0) is 36.4 Å². The molecule has 0 atom stereocenters. The molecule has 3 rings (SSSR count). The average Bonchev–Trinajstić information content (AvgIpc) is 3.23. The van der Waals surface area contributed by atoms with Gasteiger partial charge in [0.25, 0.3) is 5.91 Å². The number of urea groups is 1. The van der Waals surface area contributed by atoms with E-state index in [9.17, 15) is 18.0 Å². The molecule has 12 heteroatoms. The Morgan fingerprint density at radius 2 is 1.94 bits per heavy atom. The third kappa shape index (κ3) is 6.27. The highest BCUT2D eigenvalue weighted by atomic mass is 35.5. The third-order valence-corrected chi connectivity index (χ3v) is 5.52. The maximum absolute atomic E-state index is 12.5. The number of hydrogen-bond acceptors (Lipinski definition) is 6. The summed E-state index contributed by atoms with van der Waals surface area (Å²) in [5, 5.41) is 12.1. The second kappa shape index (κ2) is 9.58. The number of carbonyl (C=O) groups is 2. The first-order valence-electron chi connectivity index (χ1n) is 9.00. The Bertz CT molecular complexity index is 1200. The first-order valence-corrected chi connectivity index (χ1v) is 11.3. The van der Waals surface area contributed by atoms with E-state index in [1.165, 1.54) is 42.7 Å². The number of nitrogens with one attached hydrogen (secondary N) is 3. The Hall–Kier alpha value is -3.44. The molecule has 2 aromatic carbocycles. The molecule has 3 amide bonds. The zero-order chi connectivity index (χ0) is 22.4. The van der Waals surface area contributed by atoms with Crippen molar-refractivity contribution < 1.29 is 18.0 Å². The Morgan fingerprint density at radius 1 is 1.13 bits per heavy atom. The molecule has 3 aromatic rings. The number of nitrogens with zero attached hydrogens (tertiary/aromatic N) is 3. The Morgan fingerprint density at radius 3 is 2.61 bits per heavy atom. The van der Waals surface area contributed by atoms with Crippen molar-refractivity contribution >= 4 is 44.8 Å². The van der Waals surface area contributed by atoms with E-state index in [0.717, 1.165) is 6.26 Å². The predicted molar refractivity (Wildman–Crippen MR) is 116 cm³/mol. The number of halogens is 1. The summed E-state index contributed by atoms with van der Waals surface area (Å²) in [7, 11) is -3.44. The molecule has 31 heavy (non-hydrogen) atoms. The fraction of sp³-hybridized carbons (Fsp3) is 0.158. The van der Waals surface area contributed by atoms with Gasteiger partial charge in [-0.15, -0.1) is 0 Å². The minimum atomic E-state index is -3.44. The summed E-state index contributed by atoms with van der Waals surface area (Å²) in [6.45, 7) is 0.823. The number of benzene rings is 2.